The Bertz CT molecular complexity index is 982. The normalized spacial score (nSPS) is 12.8. The summed E-state index contributed by atoms with van der Waals surface area (Å²) in [5.74, 6) is -1.02. The van der Waals surface area contributed by atoms with E-state index in [0.29, 0.717) is 24.1 Å². The zero-order valence-electron chi connectivity index (χ0n) is 14.7. The van der Waals surface area contributed by atoms with E-state index in [2.05, 4.69) is 10.0 Å². The molecule has 0 aliphatic carbocycles. The molecule has 0 saturated heterocycles. The van der Waals surface area contributed by atoms with E-state index in [9.17, 15) is 22.0 Å². The highest BCUT2D eigenvalue weighted by atomic mass is 32.2. The van der Waals surface area contributed by atoms with Crippen molar-refractivity contribution >= 4 is 15.9 Å². The predicted octanol–water partition coefficient (Wildman–Crippen LogP) is 2.07. The summed E-state index contributed by atoms with van der Waals surface area (Å²) in [5, 5.41) is 2.72. The Hall–Kier alpha value is -2.72. The van der Waals surface area contributed by atoms with E-state index in [1.54, 1.807) is 18.2 Å². The van der Waals surface area contributed by atoms with Crippen molar-refractivity contribution in [1.82, 2.24) is 10.0 Å². The van der Waals surface area contributed by atoms with Gasteiger partial charge in [-0.3, -0.25) is 4.79 Å². The Morgan fingerprint density at radius 1 is 1.07 bits per heavy atom. The van der Waals surface area contributed by atoms with Gasteiger partial charge in [-0.25, -0.2) is 21.9 Å². The third-order valence-electron chi connectivity index (χ3n) is 3.98. The molecule has 0 aromatic heterocycles. The zero-order valence-corrected chi connectivity index (χ0v) is 15.5. The maximum Gasteiger partial charge on any atom is 0.243 e. The lowest BCUT2D eigenvalue weighted by Crippen LogP contribution is -2.28. The molecule has 2 aromatic rings. The molecular formula is C18H18F2N2O5S. The number of hydrogen-bond acceptors (Lipinski definition) is 5. The quantitative estimate of drug-likeness (QED) is 0.648. The van der Waals surface area contributed by atoms with Crippen molar-refractivity contribution in [3.63, 3.8) is 0 Å². The Kier molecular flexibility index (Phi) is 6.10. The number of carbonyl (C=O) groups is 1. The van der Waals surface area contributed by atoms with Crippen molar-refractivity contribution in [2.45, 2.75) is 24.3 Å². The van der Waals surface area contributed by atoms with Crippen molar-refractivity contribution in [2.24, 2.45) is 0 Å². The fraction of sp³-hybridized carbons (Fsp3) is 0.278. The van der Waals surface area contributed by atoms with Crippen LogP contribution in [0.15, 0.2) is 41.3 Å². The Balaban J connectivity index is 1.41. The largest absolute Gasteiger partial charge is 0.454 e. The molecule has 0 radical (unpaired) electrons. The minimum Gasteiger partial charge on any atom is -0.454 e. The Morgan fingerprint density at radius 2 is 1.86 bits per heavy atom. The van der Waals surface area contributed by atoms with E-state index in [0.717, 1.165) is 17.7 Å². The summed E-state index contributed by atoms with van der Waals surface area (Å²) in [6.07, 6.45) is 0.300. The van der Waals surface area contributed by atoms with Gasteiger partial charge in [0, 0.05) is 25.6 Å². The predicted molar refractivity (Wildman–Crippen MR) is 95.2 cm³/mol. The monoisotopic (exact) mass is 412 g/mol. The lowest BCUT2D eigenvalue weighted by atomic mass is 10.2. The van der Waals surface area contributed by atoms with Crippen molar-refractivity contribution in [3.05, 3.63) is 53.6 Å². The second-order valence-corrected chi connectivity index (χ2v) is 7.78. The van der Waals surface area contributed by atoms with Gasteiger partial charge in [0.1, 0.15) is 16.5 Å². The van der Waals surface area contributed by atoms with E-state index < -0.39 is 26.6 Å². The molecule has 1 amide bonds. The van der Waals surface area contributed by atoms with Crippen LogP contribution >= 0.6 is 0 Å². The maximum absolute atomic E-state index is 13.6. The molecule has 2 N–H and O–H groups in total. The number of nitrogens with one attached hydrogen (secondary N) is 2. The first kappa shape index (κ1) is 20.0. The summed E-state index contributed by atoms with van der Waals surface area (Å²) >= 11 is 0. The molecule has 150 valence electrons. The molecule has 7 nitrogen and oxygen atoms in total. The van der Waals surface area contributed by atoms with E-state index >= 15 is 0 Å². The summed E-state index contributed by atoms with van der Waals surface area (Å²) < 4.78 is 63.2. The first-order valence-corrected chi connectivity index (χ1v) is 9.93. The van der Waals surface area contributed by atoms with Crippen molar-refractivity contribution < 1.29 is 31.5 Å². The summed E-state index contributed by atoms with van der Waals surface area (Å²) in [6.45, 7) is 0.404. The number of rotatable bonds is 8. The van der Waals surface area contributed by atoms with Gasteiger partial charge < -0.3 is 14.8 Å². The van der Waals surface area contributed by atoms with E-state index in [1.165, 1.54) is 0 Å². The van der Waals surface area contributed by atoms with Crippen LogP contribution in [0.1, 0.15) is 18.4 Å². The second-order valence-electron chi connectivity index (χ2n) is 6.04. The van der Waals surface area contributed by atoms with Crippen LogP contribution in [0.25, 0.3) is 0 Å². The second kappa shape index (κ2) is 8.53. The van der Waals surface area contributed by atoms with Gasteiger partial charge in [0.2, 0.25) is 22.7 Å². The maximum atomic E-state index is 13.6. The Labute approximate surface area is 160 Å². The molecule has 28 heavy (non-hydrogen) atoms. The lowest BCUT2D eigenvalue weighted by molar-refractivity contribution is -0.121. The SMILES string of the molecule is O=C(CCCNS(=O)(=O)c1ccc(F)cc1F)NCc1ccc2c(c1)OCO2. The number of amides is 1. The summed E-state index contributed by atoms with van der Waals surface area (Å²) in [7, 11) is -4.12. The Morgan fingerprint density at radius 3 is 2.64 bits per heavy atom. The molecule has 10 heteroatoms. The highest BCUT2D eigenvalue weighted by Gasteiger charge is 2.19. The first-order chi connectivity index (χ1) is 13.3. The summed E-state index contributed by atoms with van der Waals surface area (Å²) in [4.78, 5) is 11.3. The van der Waals surface area contributed by atoms with Crippen molar-refractivity contribution in [1.29, 1.82) is 0 Å². The number of ether oxygens (including phenoxy) is 2. The number of sulfonamides is 1. The number of hydrogen-bond donors (Lipinski definition) is 2. The van der Waals surface area contributed by atoms with Crippen LogP contribution in [0.3, 0.4) is 0 Å². The molecule has 0 bridgehead atoms. The van der Waals surface area contributed by atoms with E-state index in [4.69, 9.17) is 9.47 Å². The number of halogens is 2. The third-order valence-corrected chi connectivity index (χ3v) is 5.48. The topological polar surface area (TPSA) is 93.7 Å². The molecular weight excluding hydrogens is 394 g/mol. The fourth-order valence-electron chi connectivity index (χ4n) is 2.57. The molecule has 0 saturated carbocycles. The highest BCUT2D eigenvalue weighted by molar-refractivity contribution is 7.89. The number of fused-ring (bicyclic) bond motifs is 1. The number of benzene rings is 2. The van der Waals surface area contributed by atoms with Crippen LogP contribution in [0.2, 0.25) is 0 Å². The summed E-state index contributed by atoms with van der Waals surface area (Å²) in [5.41, 5.74) is 0.838. The van der Waals surface area contributed by atoms with Crippen molar-refractivity contribution in [3.8, 4) is 11.5 Å². The molecule has 0 fully saturated rings. The van der Waals surface area contributed by atoms with Gasteiger partial charge in [-0.15, -0.1) is 0 Å². The number of carbonyl (C=O) groups excluding carboxylic acids is 1. The van der Waals surface area contributed by atoms with Crippen molar-refractivity contribution in [2.75, 3.05) is 13.3 Å². The minimum atomic E-state index is -4.12. The minimum absolute atomic E-state index is 0.0589. The van der Waals surface area contributed by atoms with Gasteiger partial charge in [-0.2, -0.15) is 0 Å². The van der Waals surface area contributed by atoms with Crippen LogP contribution < -0.4 is 19.5 Å². The standard InChI is InChI=1S/C18H18F2N2O5S/c19-13-4-6-17(14(20)9-13)28(24,25)22-7-1-2-18(23)21-10-12-3-5-15-16(8-12)27-11-26-15/h3-6,8-9,22H,1-2,7,10-11H2,(H,21,23). The van der Waals surface area contributed by atoms with E-state index in [1.807, 2.05) is 0 Å². The lowest BCUT2D eigenvalue weighted by Gasteiger charge is -2.08. The molecule has 0 atom stereocenters. The molecule has 0 unspecified atom stereocenters. The van der Waals surface area contributed by atoms with Crippen LogP contribution in [0.4, 0.5) is 8.78 Å². The van der Waals surface area contributed by atoms with Gasteiger partial charge in [-0.05, 0) is 36.2 Å². The van der Waals surface area contributed by atoms with Gasteiger partial charge in [0.15, 0.2) is 11.5 Å². The average molecular weight is 412 g/mol. The fourth-order valence-corrected chi connectivity index (χ4v) is 3.70. The van der Waals surface area contributed by atoms with Gasteiger partial charge in [0.25, 0.3) is 0 Å². The molecule has 1 heterocycles. The van der Waals surface area contributed by atoms with Crippen LogP contribution in [-0.4, -0.2) is 27.7 Å². The first-order valence-electron chi connectivity index (χ1n) is 8.45. The smallest absolute Gasteiger partial charge is 0.243 e. The molecule has 1 aliphatic rings. The molecule has 2 aromatic carbocycles. The average Bonchev–Trinajstić information content (AvgIpc) is 3.11. The van der Waals surface area contributed by atoms with Gasteiger partial charge in [0.05, 0.1) is 0 Å². The summed E-state index contributed by atoms with van der Waals surface area (Å²) in [6, 6.07) is 7.55. The third kappa shape index (κ3) is 4.96. The molecule has 0 spiro atoms. The van der Waals surface area contributed by atoms with E-state index in [-0.39, 0.29) is 32.1 Å². The zero-order chi connectivity index (χ0) is 20.1. The van der Waals surface area contributed by atoms with Crippen LogP contribution in [-0.2, 0) is 21.4 Å². The molecule has 1 aliphatic heterocycles. The van der Waals surface area contributed by atoms with Crippen LogP contribution in [0.5, 0.6) is 11.5 Å². The van der Waals surface area contributed by atoms with Gasteiger partial charge >= 0.3 is 0 Å². The molecule has 3 rings (SSSR count). The van der Waals surface area contributed by atoms with Gasteiger partial charge in [-0.1, -0.05) is 6.07 Å². The highest BCUT2D eigenvalue weighted by Crippen LogP contribution is 2.32. The van der Waals surface area contributed by atoms with Crippen LogP contribution in [0, 0.1) is 11.6 Å².